The van der Waals surface area contributed by atoms with Crippen LogP contribution in [-0.2, 0) is 11.3 Å². The Morgan fingerprint density at radius 2 is 2.00 bits per heavy atom. The van der Waals surface area contributed by atoms with Crippen LogP contribution >= 0.6 is 0 Å². The molecule has 3 unspecified atom stereocenters. The molecule has 2 aliphatic rings. The second-order valence-corrected chi connectivity index (χ2v) is 7.49. The first-order valence-corrected chi connectivity index (χ1v) is 8.19. The molecule has 0 radical (unpaired) electrons. The number of carbonyl (C=O) groups excluding carboxylic acids is 1. The summed E-state index contributed by atoms with van der Waals surface area (Å²) < 4.78 is 5.51. The van der Waals surface area contributed by atoms with E-state index in [0.717, 1.165) is 25.9 Å². The Kier molecular flexibility index (Phi) is 4.13. The second-order valence-electron chi connectivity index (χ2n) is 7.49. The summed E-state index contributed by atoms with van der Waals surface area (Å²) in [6.07, 6.45) is 1.99. The van der Waals surface area contributed by atoms with Gasteiger partial charge in [-0.15, -0.1) is 0 Å². The van der Waals surface area contributed by atoms with E-state index < -0.39 is 5.60 Å². The van der Waals surface area contributed by atoms with Crippen LogP contribution in [0.5, 0.6) is 0 Å². The van der Waals surface area contributed by atoms with Gasteiger partial charge >= 0.3 is 6.09 Å². The fourth-order valence-corrected chi connectivity index (χ4v) is 3.59. The van der Waals surface area contributed by atoms with Crippen molar-refractivity contribution in [3.63, 3.8) is 0 Å². The lowest BCUT2D eigenvalue weighted by Crippen LogP contribution is -2.47. The summed E-state index contributed by atoms with van der Waals surface area (Å²) in [5, 5.41) is 3.66. The highest BCUT2D eigenvalue weighted by Gasteiger charge is 2.47. The third-order valence-electron chi connectivity index (χ3n) is 4.58. The van der Waals surface area contributed by atoms with Crippen molar-refractivity contribution in [1.29, 1.82) is 0 Å². The summed E-state index contributed by atoms with van der Waals surface area (Å²) in [6.45, 7) is 7.49. The van der Waals surface area contributed by atoms with Crippen molar-refractivity contribution in [1.82, 2.24) is 10.2 Å². The molecule has 22 heavy (non-hydrogen) atoms. The molecule has 1 amide bonds. The van der Waals surface area contributed by atoms with Gasteiger partial charge in [-0.3, -0.25) is 0 Å². The van der Waals surface area contributed by atoms with E-state index in [2.05, 4.69) is 29.6 Å². The maximum atomic E-state index is 12.2. The van der Waals surface area contributed by atoms with Crippen molar-refractivity contribution in [2.24, 2.45) is 5.92 Å². The van der Waals surface area contributed by atoms with Crippen molar-refractivity contribution in [2.45, 2.75) is 57.8 Å². The molecular formula is C18H26N2O2. The molecule has 1 aromatic carbocycles. The third kappa shape index (κ3) is 3.43. The van der Waals surface area contributed by atoms with Crippen molar-refractivity contribution in [3.05, 3.63) is 35.9 Å². The number of amides is 1. The highest BCUT2D eigenvalue weighted by Crippen LogP contribution is 2.38. The van der Waals surface area contributed by atoms with Gasteiger partial charge in [0.05, 0.1) is 0 Å². The number of benzene rings is 1. The van der Waals surface area contributed by atoms with Gasteiger partial charge in [0.15, 0.2) is 0 Å². The Morgan fingerprint density at radius 3 is 2.59 bits per heavy atom. The van der Waals surface area contributed by atoms with Crippen LogP contribution in [0.1, 0.15) is 39.2 Å². The topological polar surface area (TPSA) is 41.6 Å². The number of nitrogens with zero attached hydrogens (tertiary/aromatic N) is 1. The van der Waals surface area contributed by atoms with Gasteiger partial charge in [0.25, 0.3) is 0 Å². The first kappa shape index (κ1) is 15.3. The number of hydrogen-bond acceptors (Lipinski definition) is 3. The van der Waals surface area contributed by atoms with Crippen LogP contribution in [0.4, 0.5) is 4.79 Å². The lowest BCUT2D eigenvalue weighted by atomic mass is 10.0. The predicted octanol–water partition coefficient (Wildman–Crippen LogP) is 3.17. The number of hydrogen-bond donors (Lipinski definition) is 1. The van der Waals surface area contributed by atoms with E-state index in [-0.39, 0.29) is 6.09 Å². The highest BCUT2D eigenvalue weighted by molar-refractivity contribution is 5.69. The maximum absolute atomic E-state index is 12.2. The van der Waals surface area contributed by atoms with Crippen molar-refractivity contribution in [3.8, 4) is 0 Å². The molecule has 1 aromatic rings. The van der Waals surface area contributed by atoms with E-state index in [9.17, 15) is 4.79 Å². The molecule has 1 saturated carbocycles. The number of fused-ring (bicyclic) bond motifs is 2. The van der Waals surface area contributed by atoms with E-state index in [1.54, 1.807) is 0 Å². The van der Waals surface area contributed by atoms with Gasteiger partial charge in [-0.1, -0.05) is 30.3 Å². The summed E-state index contributed by atoms with van der Waals surface area (Å²) in [4.78, 5) is 14.1. The molecule has 3 atom stereocenters. The molecule has 3 rings (SSSR count). The lowest BCUT2D eigenvalue weighted by molar-refractivity contribution is 0.0174. The van der Waals surface area contributed by atoms with Crippen LogP contribution in [-0.4, -0.2) is 35.2 Å². The Balaban J connectivity index is 1.50. The summed E-state index contributed by atoms with van der Waals surface area (Å²) in [6, 6.07) is 11.3. The first-order valence-electron chi connectivity index (χ1n) is 8.19. The van der Waals surface area contributed by atoms with Gasteiger partial charge in [-0.05, 0) is 45.1 Å². The molecule has 1 aliphatic heterocycles. The molecule has 2 fully saturated rings. The molecule has 0 aromatic heterocycles. The van der Waals surface area contributed by atoms with Crippen molar-refractivity contribution in [2.75, 3.05) is 6.54 Å². The van der Waals surface area contributed by atoms with Gasteiger partial charge in [-0.2, -0.15) is 0 Å². The quantitative estimate of drug-likeness (QED) is 0.932. The maximum Gasteiger partial charge on any atom is 0.410 e. The molecule has 1 N–H and O–H groups in total. The highest BCUT2D eigenvalue weighted by atomic mass is 16.6. The van der Waals surface area contributed by atoms with Crippen LogP contribution in [0.3, 0.4) is 0 Å². The van der Waals surface area contributed by atoms with E-state index in [1.165, 1.54) is 5.56 Å². The minimum absolute atomic E-state index is 0.151. The number of carbonyl (C=O) groups is 1. The molecule has 4 nitrogen and oxygen atoms in total. The van der Waals surface area contributed by atoms with E-state index in [1.807, 2.05) is 31.7 Å². The minimum Gasteiger partial charge on any atom is -0.444 e. The van der Waals surface area contributed by atoms with Gasteiger partial charge in [-0.25, -0.2) is 4.79 Å². The fraction of sp³-hybridized carbons (Fsp3) is 0.611. The molecule has 120 valence electrons. The number of ether oxygens (including phenoxy) is 1. The Hall–Kier alpha value is -1.55. The Morgan fingerprint density at radius 1 is 1.27 bits per heavy atom. The Labute approximate surface area is 132 Å². The smallest absolute Gasteiger partial charge is 0.410 e. The average molecular weight is 302 g/mol. The van der Waals surface area contributed by atoms with E-state index in [4.69, 9.17) is 4.74 Å². The van der Waals surface area contributed by atoms with Crippen molar-refractivity contribution < 1.29 is 9.53 Å². The molecule has 1 saturated heterocycles. The SMILES string of the molecule is CC(C)(C)OC(=O)N1CC2CC1CC2NCc1ccccc1. The summed E-state index contributed by atoms with van der Waals surface area (Å²) in [7, 11) is 0. The second kappa shape index (κ2) is 5.92. The summed E-state index contributed by atoms with van der Waals surface area (Å²) >= 11 is 0. The minimum atomic E-state index is -0.413. The summed E-state index contributed by atoms with van der Waals surface area (Å²) in [5.74, 6) is 0.557. The monoisotopic (exact) mass is 302 g/mol. The largest absolute Gasteiger partial charge is 0.444 e. The van der Waals surface area contributed by atoms with Crippen LogP contribution < -0.4 is 5.32 Å². The number of piperidine rings is 1. The lowest BCUT2D eigenvalue weighted by Gasteiger charge is -2.33. The normalized spacial score (nSPS) is 27.2. The Bertz CT molecular complexity index is 524. The van der Waals surface area contributed by atoms with Gasteiger partial charge in [0, 0.05) is 25.2 Å². The van der Waals surface area contributed by atoms with Crippen LogP contribution in [0.2, 0.25) is 0 Å². The van der Waals surface area contributed by atoms with E-state index >= 15 is 0 Å². The molecular weight excluding hydrogens is 276 g/mol. The van der Waals surface area contributed by atoms with Crippen LogP contribution in [0.25, 0.3) is 0 Å². The predicted molar refractivity (Wildman–Crippen MR) is 86.5 cm³/mol. The molecule has 1 heterocycles. The first-order chi connectivity index (χ1) is 10.4. The average Bonchev–Trinajstić information content (AvgIpc) is 3.04. The van der Waals surface area contributed by atoms with Crippen molar-refractivity contribution >= 4 is 6.09 Å². The number of nitrogens with one attached hydrogen (secondary N) is 1. The molecule has 4 heteroatoms. The van der Waals surface area contributed by atoms with Gasteiger partial charge in [0.2, 0.25) is 0 Å². The fourth-order valence-electron chi connectivity index (χ4n) is 3.59. The zero-order valence-corrected chi connectivity index (χ0v) is 13.7. The molecule has 2 bridgehead atoms. The third-order valence-corrected chi connectivity index (χ3v) is 4.58. The molecule has 0 spiro atoms. The summed E-state index contributed by atoms with van der Waals surface area (Å²) in [5.41, 5.74) is 0.901. The number of likely N-dealkylation sites (tertiary alicyclic amines) is 1. The molecule has 1 aliphatic carbocycles. The van der Waals surface area contributed by atoms with Gasteiger partial charge in [0.1, 0.15) is 5.60 Å². The number of rotatable bonds is 3. The van der Waals surface area contributed by atoms with E-state index in [0.29, 0.717) is 18.0 Å². The van der Waals surface area contributed by atoms with Crippen LogP contribution in [0, 0.1) is 5.92 Å². The standard InChI is InChI=1S/C18H26N2O2/c1-18(2,3)22-17(21)20-12-14-9-15(20)10-16(14)19-11-13-7-5-4-6-8-13/h4-8,14-16,19H,9-12H2,1-3H3. The zero-order chi connectivity index (χ0) is 15.7. The van der Waals surface area contributed by atoms with Gasteiger partial charge < -0.3 is 15.0 Å². The van der Waals surface area contributed by atoms with Crippen LogP contribution in [0.15, 0.2) is 30.3 Å². The zero-order valence-electron chi connectivity index (χ0n) is 13.7.